The first-order valence-electron chi connectivity index (χ1n) is 5.42. The smallest absolute Gasteiger partial charge is 0.242 e. The first-order valence-corrected chi connectivity index (χ1v) is 6.90. The zero-order chi connectivity index (χ0) is 12.9. The number of hydrogen-bond donors (Lipinski definition) is 3. The molecule has 0 saturated heterocycles. The number of nitrogens with one attached hydrogen (secondary N) is 2. The number of para-hydroxylation sites is 1. The standard InChI is InChI=1S/C11H18N2O3S/c1-9(14)7-8-13-10-5-3-4-6-11(10)17(15,16)12-2/h3-6,9,12-14H,7-8H2,1-2H3. The molecule has 1 unspecified atom stereocenters. The second kappa shape index (κ2) is 6.00. The molecule has 0 bridgehead atoms. The van der Waals surface area contributed by atoms with Gasteiger partial charge >= 0.3 is 0 Å². The van der Waals surface area contributed by atoms with Crippen LogP contribution in [-0.4, -0.2) is 33.2 Å². The Balaban J connectivity index is 2.86. The lowest BCUT2D eigenvalue weighted by molar-refractivity contribution is 0.188. The van der Waals surface area contributed by atoms with E-state index in [0.29, 0.717) is 18.7 Å². The molecule has 1 atom stereocenters. The third-order valence-electron chi connectivity index (χ3n) is 2.32. The maximum Gasteiger partial charge on any atom is 0.242 e. The molecule has 0 aromatic heterocycles. The average molecular weight is 258 g/mol. The summed E-state index contributed by atoms with van der Waals surface area (Å²) in [4.78, 5) is 0.216. The summed E-state index contributed by atoms with van der Waals surface area (Å²) in [6.45, 7) is 2.21. The van der Waals surface area contributed by atoms with Gasteiger partial charge in [0, 0.05) is 6.54 Å². The Morgan fingerprint density at radius 2 is 2.00 bits per heavy atom. The molecular weight excluding hydrogens is 240 g/mol. The summed E-state index contributed by atoms with van der Waals surface area (Å²) in [6, 6.07) is 6.67. The van der Waals surface area contributed by atoms with Crippen LogP contribution in [0.25, 0.3) is 0 Å². The van der Waals surface area contributed by atoms with Crippen LogP contribution >= 0.6 is 0 Å². The van der Waals surface area contributed by atoms with Gasteiger partial charge in [0.15, 0.2) is 0 Å². The second-order valence-corrected chi connectivity index (χ2v) is 5.62. The Morgan fingerprint density at radius 1 is 1.35 bits per heavy atom. The maximum absolute atomic E-state index is 11.7. The third-order valence-corrected chi connectivity index (χ3v) is 3.80. The molecule has 0 radical (unpaired) electrons. The zero-order valence-electron chi connectivity index (χ0n) is 9.97. The Morgan fingerprint density at radius 3 is 2.59 bits per heavy atom. The first-order chi connectivity index (χ1) is 7.97. The number of anilines is 1. The number of rotatable bonds is 6. The predicted molar refractivity (Wildman–Crippen MR) is 67.5 cm³/mol. The van der Waals surface area contributed by atoms with Crippen LogP contribution < -0.4 is 10.0 Å². The van der Waals surface area contributed by atoms with Gasteiger partial charge in [0.2, 0.25) is 10.0 Å². The minimum atomic E-state index is -3.45. The summed E-state index contributed by atoms with van der Waals surface area (Å²) in [5, 5.41) is 12.1. The summed E-state index contributed by atoms with van der Waals surface area (Å²) in [5.74, 6) is 0. The van der Waals surface area contributed by atoms with E-state index in [0.717, 1.165) is 0 Å². The molecule has 0 aliphatic carbocycles. The van der Waals surface area contributed by atoms with Crippen molar-refractivity contribution in [3.05, 3.63) is 24.3 Å². The van der Waals surface area contributed by atoms with Gasteiger partial charge in [-0.25, -0.2) is 13.1 Å². The largest absolute Gasteiger partial charge is 0.393 e. The molecular formula is C11H18N2O3S. The Kier molecular flexibility index (Phi) is 4.92. The molecule has 1 rings (SSSR count). The van der Waals surface area contributed by atoms with Gasteiger partial charge in [0.1, 0.15) is 4.90 Å². The van der Waals surface area contributed by atoms with Crippen molar-refractivity contribution >= 4 is 15.7 Å². The topological polar surface area (TPSA) is 78.4 Å². The first kappa shape index (κ1) is 14.0. The zero-order valence-corrected chi connectivity index (χ0v) is 10.8. The third kappa shape index (κ3) is 3.99. The van der Waals surface area contributed by atoms with Crippen molar-refractivity contribution in [3.8, 4) is 0 Å². The summed E-state index contributed by atoms with van der Waals surface area (Å²) < 4.78 is 25.7. The van der Waals surface area contributed by atoms with E-state index in [4.69, 9.17) is 5.11 Å². The minimum absolute atomic E-state index is 0.216. The summed E-state index contributed by atoms with van der Waals surface area (Å²) >= 11 is 0. The highest BCUT2D eigenvalue weighted by Crippen LogP contribution is 2.20. The fraction of sp³-hybridized carbons (Fsp3) is 0.455. The molecule has 6 heteroatoms. The molecule has 0 heterocycles. The van der Waals surface area contributed by atoms with E-state index in [1.165, 1.54) is 13.1 Å². The highest BCUT2D eigenvalue weighted by molar-refractivity contribution is 7.89. The van der Waals surface area contributed by atoms with E-state index >= 15 is 0 Å². The Bertz CT molecular complexity index is 458. The molecule has 5 nitrogen and oxygen atoms in total. The van der Waals surface area contributed by atoms with Crippen LogP contribution in [0, 0.1) is 0 Å². The molecule has 0 saturated carbocycles. The SMILES string of the molecule is CNS(=O)(=O)c1ccccc1NCCC(C)O. The molecule has 1 aromatic carbocycles. The molecule has 3 N–H and O–H groups in total. The Labute approximate surface area is 102 Å². The van der Waals surface area contributed by atoms with Crippen LogP contribution in [0.1, 0.15) is 13.3 Å². The molecule has 96 valence electrons. The molecule has 1 aromatic rings. The normalized spacial score (nSPS) is 13.4. The maximum atomic E-state index is 11.7. The summed E-state index contributed by atoms with van der Waals surface area (Å²) in [7, 11) is -2.08. The number of benzene rings is 1. The number of hydrogen-bond acceptors (Lipinski definition) is 4. The van der Waals surface area contributed by atoms with Crippen LogP contribution in [0.4, 0.5) is 5.69 Å². The van der Waals surface area contributed by atoms with Crippen LogP contribution in [-0.2, 0) is 10.0 Å². The molecule has 0 fully saturated rings. The predicted octanol–water partition coefficient (Wildman–Crippen LogP) is 0.777. The second-order valence-electron chi connectivity index (χ2n) is 3.77. The van der Waals surface area contributed by atoms with Crippen LogP contribution in [0.5, 0.6) is 0 Å². The van der Waals surface area contributed by atoms with Crippen molar-refractivity contribution < 1.29 is 13.5 Å². The lowest BCUT2D eigenvalue weighted by Crippen LogP contribution is -2.20. The van der Waals surface area contributed by atoms with Crippen molar-refractivity contribution in [1.29, 1.82) is 0 Å². The minimum Gasteiger partial charge on any atom is -0.393 e. The quantitative estimate of drug-likeness (QED) is 0.704. The van der Waals surface area contributed by atoms with E-state index in [2.05, 4.69) is 10.0 Å². The Hall–Kier alpha value is -1.11. The van der Waals surface area contributed by atoms with E-state index in [1.54, 1.807) is 25.1 Å². The van der Waals surface area contributed by atoms with E-state index in [9.17, 15) is 8.42 Å². The van der Waals surface area contributed by atoms with Crippen molar-refractivity contribution in [2.45, 2.75) is 24.3 Å². The summed E-state index contributed by atoms with van der Waals surface area (Å²) in [6.07, 6.45) is 0.157. The van der Waals surface area contributed by atoms with Crippen molar-refractivity contribution in [2.24, 2.45) is 0 Å². The van der Waals surface area contributed by atoms with E-state index < -0.39 is 16.1 Å². The van der Waals surface area contributed by atoms with Crippen LogP contribution in [0.15, 0.2) is 29.2 Å². The van der Waals surface area contributed by atoms with Gasteiger partial charge < -0.3 is 10.4 Å². The van der Waals surface area contributed by atoms with Crippen LogP contribution in [0.3, 0.4) is 0 Å². The fourth-order valence-electron chi connectivity index (χ4n) is 1.37. The van der Waals surface area contributed by atoms with E-state index in [1.807, 2.05) is 0 Å². The molecule has 0 aliphatic heterocycles. The highest BCUT2D eigenvalue weighted by Gasteiger charge is 2.15. The van der Waals surface area contributed by atoms with Crippen molar-refractivity contribution in [2.75, 3.05) is 18.9 Å². The van der Waals surface area contributed by atoms with Crippen molar-refractivity contribution in [3.63, 3.8) is 0 Å². The van der Waals surface area contributed by atoms with Gasteiger partial charge in [0.05, 0.1) is 11.8 Å². The monoisotopic (exact) mass is 258 g/mol. The summed E-state index contributed by atoms with van der Waals surface area (Å²) in [5.41, 5.74) is 0.544. The van der Waals surface area contributed by atoms with E-state index in [-0.39, 0.29) is 4.90 Å². The van der Waals surface area contributed by atoms with Gasteiger partial charge in [-0.1, -0.05) is 12.1 Å². The number of sulfonamides is 1. The molecule has 0 amide bonds. The van der Waals surface area contributed by atoms with Gasteiger partial charge in [-0.15, -0.1) is 0 Å². The van der Waals surface area contributed by atoms with Gasteiger partial charge in [-0.3, -0.25) is 0 Å². The highest BCUT2D eigenvalue weighted by atomic mass is 32.2. The average Bonchev–Trinajstić information content (AvgIpc) is 2.29. The number of aliphatic hydroxyl groups is 1. The number of aliphatic hydroxyl groups excluding tert-OH is 1. The van der Waals surface area contributed by atoms with Crippen LogP contribution in [0.2, 0.25) is 0 Å². The molecule has 17 heavy (non-hydrogen) atoms. The van der Waals surface area contributed by atoms with Gasteiger partial charge in [0.25, 0.3) is 0 Å². The fourth-order valence-corrected chi connectivity index (χ4v) is 2.28. The lowest BCUT2D eigenvalue weighted by atomic mass is 10.2. The molecule has 0 aliphatic rings. The van der Waals surface area contributed by atoms with Gasteiger partial charge in [-0.05, 0) is 32.5 Å². The lowest BCUT2D eigenvalue weighted by Gasteiger charge is -2.12. The molecule has 0 spiro atoms. The van der Waals surface area contributed by atoms with Crippen molar-refractivity contribution in [1.82, 2.24) is 4.72 Å². The van der Waals surface area contributed by atoms with Gasteiger partial charge in [-0.2, -0.15) is 0 Å².